The lowest BCUT2D eigenvalue weighted by atomic mass is 10.1. The van der Waals surface area contributed by atoms with Crippen LogP contribution in [-0.4, -0.2) is 17.7 Å². The van der Waals surface area contributed by atoms with Gasteiger partial charge >= 0.3 is 0 Å². The molecule has 1 aromatic rings. The van der Waals surface area contributed by atoms with E-state index in [1.54, 1.807) is 12.1 Å². The van der Waals surface area contributed by atoms with Crippen molar-refractivity contribution < 1.29 is 0 Å². The fraction of sp³-hybridized carbons (Fsp3) is 0.615. The van der Waals surface area contributed by atoms with Crippen molar-refractivity contribution in [2.75, 3.05) is 18.0 Å². The Hall–Kier alpha value is -1.25. The molecule has 0 saturated heterocycles. The van der Waals surface area contributed by atoms with Crippen molar-refractivity contribution in [1.29, 1.82) is 0 Å². The zero-order valence-corrected chi connectivity index (χ0v) is 10.2. The van der Waals surface area contributed by atoms with Crippen LogP contribution in [0.1, 0.15) is 32.4 Å². The summed E-state index contributed by atoms with van der Waals surface area (Å²) >= 11 is 0. The largest absolute Gasteiger partial charge is 0.358 e. The van der Waals surface area contributed by atoms with Gasteiger partial charge in [-0.3, -0.25) is 4.79 Å². The highest BCUT2D eigenvalue weighted by Crippen LogP contribution is 2.21. The van der Waals surface area contributed by atoms with Crippen LogP contribution >= 0.6 is 0 Å². The summed E-state index contributed by atoms with van der Waals surface area (Å²) in [5.41, 5.74) is 1.36. The Kier molecular flexibility index (Phi) is 3.32. The smallest absolute Gasteiger partial charge is 0.183 e. The van der Waals surface area contributed by atoms with Crippen molar-refractivity contribution in [2.24, 2.45) is 0 Å². The van der Waals surface area contributed by atoms with Gasteiger partial charge in [0.2, 0.25) is 0 Å². The number of nitrogens with zero attached hydrogens (tertiary/aromatic N) is 2. The first-order valence-electron chi connectivity index (χ1n) is 6.25. The second-order valence-corrected chi connectivity index (χ2v) is 4.32. The minimum Gasteiger partial charge on any atom is -0.358 e. The fourth-order valence-corrected chi connectivity index (χ4v) is 2.49. The first kappa shape index (κ1) is 11.2. The molecule has 0 saturated carbocycles. The first-order chi connectivity index (χ1) is 7.76. The van der Waals surface area contributed by atoms with Crippen LogP contribution in [0.15, 0.2) is 16.9 Å². The minimum absolute atomic E-state index is 0.148. The summed E-state index contributed by atoms with van der Waals surface area (Å²) in [4.78, 5) is 13.9. The number of rotatable bonds is 3. The van der Waals surface area contributed by atoms with Gasteiger partial charge in [-0.15, -0.1) is 0 Å². The van der Waals surface area contributed by atoms with Crippen LogP contribution in [0.2, 0.25) is 0 Å². The average molecular weight is 220 g/mol. The van der Waals surface area contributed by atoms with E-state index >= 15 is 0 Å². The topological polar surface area (TPSA) is 25.2 Å². The minimum atomic E-state index is 0.148. The molecule has 0 unspecified atom stereocenters. The maximum atomic E-state index is 11.7. The lowest BCUT2D eigenvalue weighted by Gasteiger charge is -2.29. The van der Waals surface area contributed by atoms with Gasteiger partial charge in [0.05, 0.1) is 0 Å². The Balaban J connectivity index is 2.50. The van der Waals surface area contributed by atoms with Crippen LogP contribution in [0.5, 0.6) is 0 Å². The summed E-state index contributed by atoms with van der Waals surface area (Å²) in [6, 6.07) is 3.58. The maximum absolute atomic E-state index is 11.7. The molecule has 3 nitrogen and oxygen atoms in total. The lowest BCUT2D eigenvalue weighted by molar-refractivity contribution is 0.520. The molecule has 3 heteroatoms. The highest BCUT2D eigenvalue weighted by Gasteiger charge is 2.14. The molecule has 1 aliphatic heterocycles. The van der Waals surface area contributed by atoms with E-state index in [0.717, 1.165) is 31.9 Å². The van der Waals surface area contributed by atoms with Crippen molar-refractivity contribution in [3.63, 3.8) is 0 Å². The first-order valence-corrected chi connectivity index (χ1v) is 6.25. The summed E-state index contributed by atoms with van der Waals surface area (Å²) in [6.45, 7) is 7.24. The molecule has 0 fully saturated rings. The van der Waals surface area contributed by atoms with Gasteiger partial charge in [0.25, 0.3) is 0 Å². The van der Waals surface area contributed by atoms with Gasteiger partial charge in [0.1, 0.15) is 5.82 Å². The van der Waals surface area contributed by atoms with Crippen LogP contribution in [0.3, 0.4) is 0 Å². The third kappa shape index (κ3) is 1.99. The van der Waals surface area contributed by atoms with Crippen molar-refractivity contribution in [3.8, 4) is 0 Å². The molecule has 0 aliphatic carbocycles. The van der Waals surface area contributed by atoms with E-state index in [-0.39, 0.29) is 5.43 Å². The van der Waals surface area contributed by atoms with E-state index in [1.165, 1.54) is 18.5 Å². The lowest BCUT2D eigenvalue weighted by Crippen LogP contribution is -2.30. The molecular formula is C13H20N2O. The van der Waals surface area contributed by atoms with Gasteiger partial charge in [-0.25, -0.2) is 0 Å². The number of pyridine rings is 1. The van der Waals surface area contributed by atoms with Gasteiger partial charge in [-0.05, 0) is 33.1 Å². The van der Waals surface area contributed by atoms with E-state index in [1.807, 2.05) is 0 Å². The SMILES string of the molecule is CCN(CC)c1cc(=O)cc2n1CCCC2. The second kappa shape index (κ2) is 4.73. The Morgan fingerprint density at radius 2 is 2.00 bits per heavy atom. The Morgan fingerprint density at radius 3 is 2.69 bits per heavy atom. The molecule has 0 radical (unpaired) electrons. The van der Waals surface area contributed by atoms with E-state index in [2.05, 4.69) is 23.3 Å². The van der Waals surface area contributed by atoms with E-state index < -0.39 is 0 Å². The molecule has 0 aromatic carbocycles. The van der Waals surface area contributed by atoms with Crippen molar-refractivity contribution in [2.45, 2.75) is 39.7 Å². The molecular weight excluding hydrogens is 200 g/mol. The molecule has 0 atom stereocenters. The van der Waals surface area contributed by atoms with Crippen LogP contribution in [-0.2, 0) is 13.0 Å². The van der Waals surface area contributed by atoms with Gasteiger partial charge in [0, 0.05) is 37.5 Å². The average Bonchev–Trinajstić information content (AvgIpc) is 2.30. The highest BCUT2D eigenvalue weighted by molar-refractivity contribution is 5.41. The second-order valence-electron chi connectivity index (χ2n) is 4.32. The van der Waals surface area contributed by atoms with E-state index in [0.29, 0.717) is 0 Å². The fourth-order valence-electron chi connectivity index (χ4n) is 2.49. The predicted molar refractivity (Wildman–Crippen MR) is 67.2 cm³/mol. The zero-order chi connectivity index (χ0) is 11.5. The molecule has 0 N–H and O–H groups in total. The van der Waals surface area contributed by atoms with E-state index in [4.69, 9.17) is 0 Å². The van der Waals surface area contributed by atoms with Gasteiger partial charge in [-0.2, -0.15) is 0 Å². The number of hydrogen-bond acceptors (Lipinski definition) is 2. The molecule has 0 spiro atoms. The third-order valence-electron chi connectivity index (χ3n) is 3.36. The Bertz CT molecular complexity index is 418. The van der Waals surface area contributed by atoms with Crippen molar-refractivity contribution >= 4 is 5.82 Å². The third-order valence-corrected chi connectivity index (χ3v) is 3.36. The number of aryl methyl sites for hydroxylation is 1. The summed E-state index contributed by atoms with van der Waals surface area (Å²) < 4.78 is 2.32. The molecule has 1 aliphatic rings. The molecule has 16 heavy (non-hydrogen) atoms. The van der Waals surface area contributed by atoms with Crippen LogP contribution in [0.4, 0.5) is 5.82 Å². The molecule has 1 aromatic heterocycles. The monoisotopic (exact) mass is 220 g/mol. The molecule has 88 valence electrons. The number of aromatic nitrogens is 1. The number of fused-ring (bicyclic) bond motifs is 1. The number of anilines is 1. The summed E-state index contributed by atoms with van der Waals surface area (Å²) in [5, 5.41) is 0. The summed E-state index contributed by atoms with van der Waals surface area (Å²) in [5.74, 6) is 1.10. The van der Waals surface area contributed by atoms with Gasteiger partial charge < -0.3 is 9.47 Å². The standard InChI is InChI=1S/C13H20N2O/c1-3-14(4-2)13-10-12(16)9-11-7-5-6-8-15(11)13/h9-10H,3-8H2,1-2H3. The summed E-state index contributed by atoms with van der Waals surface area (Å²) in [7, 11) is 0. The Labute approximate surface area is 96.7 Å². The molecule has 2 heterocycles. The van der Waals surface area contributed by atoms with Crippen LogP contribution in [0.25, 0.3) is 0 Å². The molecule has 2 rings (SSSR count). The zero-order valence-electron chi connectivity index (χ0n) is 10.2. The quantitative estimate of drug-likeness (QED) is 0.778. The molecule has 0 amide bonds. The van der Waals surface area contributed by atoms with Crippen molar-refractivity contribution in [3.05, 3.63) is 28.0 Å². The van der Waals surface area contributed by atoms with E-state index in [9.17, 15) is 4.79 Å². The predicted octanol–water partition coefficient (Wildman–Crippen LogP) is 2.03. The highest BCUT2D eigenvalue weighted by atomic mass is 16.1. The summed E-state index contributed by atoms with van der Waals surface area (Å²) in [6.07, 6.45) is 3.48. The Morgan fingerprint density at radius 1 is 1.25 bits per heavy atom. The van der Waals surface area contributed by atoms with Gasteiger partial charge in [-0.1, -0.05) is 0 Å². The van der Waals surface area contributed by atoms with Crippen LogP contribution < -0.4 is 10.3 Å². The number of hydrogen-bond donors (Lipinski definition) is 0. The maximum Gasteiger partial charge on any atom is 0.183 e. The molecule has 0 bridgehead atoms. The van der Waals surface area contributed by atoms with Crippen LogP contribution in [0, 0.1) is 0 Å². The van der Waals surface area contributed by atoms with Crippen molar-refractivity contribution in [1.82, 2.24) is 4.57 Å². The van der Waals surface area contributed by atoms with Gasteiger partial charge in [0.15, 0.2) is 5.43 Å². The normalized spacial score (nSPS) is 14.6.